The number of hydrogen-bond acceptors (Lipinski definition) is 9. The Labute approximate surface area is 326 Å². The van der Waals surface area contributed by atoms with Crippen LogP contribution in [0, 0.1) is 46.3 Å². The number of amidine groups is 1. The highest BCUT2D eigenvalue weighted by Gasteiger charge is 2.79. The third-order valence-corrected chi connectivity index (χ3v) is 13.2. The van der Waals surface area contributed by atoms with Crippen molar-refractivity contribution in [2.24, 2.45) is 29.6 Å². The molecule has 55 heavy (non-hydrogen) atoms. The second-order valence-corrected chi connectivity index (χ2v) is 17.9. The molecule has 6 aliphatic rings. The van der Waals surface area contributed by atoms with Gasteiger partial charge in [0.25, 0.3) is 0 Å². The molecule has 0 amide bonds. The van der Waals surface area contributed by atoms with Crippen LogP contribution in [0.3, 0.4) is 0 Å². The molecule has 2 saturated heterocycles. The van der Waals surface area contributed by atoms with E-state index in [2.05, 4.69) is 52.8 Å². The summed E-state index contributed by atoms with van der Waals surface area (Å²) >= 11 is 0. The Morgan fingerprint density at radius 3 is 2.47 bits per heavy atom. The van der Waals surface area contributed by atoms with E-state index < -0.39 is 52.8 Å². The molecule has 3 heterocycles. The minimum Gasteiger partial charge on any atom is -0.487 e. The molecule has 10 unspecified atom stereocenters. The number of aliphatic hydroxyl groups excluding tert-OH is 1. The van der Waals surface area contributed by atoms with Crippen LogP contribution < -0.4 is 0 Å². The fraction of sp³-hybridized carbons (Fsp3) is 0.659. The molecule has 3 aliphatic carbocycles. The van der Waals surface area contributed by atoms with E-state index in [1.165, 1.54) is 12.7 Å². The lowest BCUT2D eigenvalue weighted by Crippen LogP contribution is -2.58. The van der Waals surface area contributed by atoms with Crippen LogP contribution in [-0.4, -0.2) is 82.6 Å². The van der Waals surface area contributed by atoms with Gasteiger partial charge in [0.05, 0.1) is 17.6 Å². The fourth-order valence-electron chi connectivity index (χ4n) is 10.8. The van der Waals surface area contributed by atoms with Gasteiger partial charge in [0.2, 0.25) is 0 Å². The van der Waals surface area contributed by atoms with Gasteiger partial charge in [0, 0.05) is 37.8 Å². The summed E-state index contributed by atoms with van der Waals surface area (Å²) in [4.78, 5) is 14.4. The normalized spacial score (nSPS) is 36.5. The van der Waals surface area contributed by atoms with Crippen molar-refractivity contribution < 1.29 is 38.7 Å². The lowest BCUT2D eigenvalue weighted by Gasteiger charge is -2.50. The van der Waals surface area contributed by atoms with E-state index in [1.807, 2.05) is 46.0 Å². The predicted octanol–water partition coefficient (Wildman–Crippen LogP) is 8.35. The summed E-state index contributed by atoms with van der Waals surface area (Å²) in [7, 11) is 3.27. The van der Waals surface area contributed by atoms with E-state index in [0.29, 0.717) is 54.8 Å². The maximum absolute atomic E-state index is 12.6. The summed E-state index contributed by atoms with van der Waals surface area (Å²) in [6.45, 7) is 16.5. The van der Waals surface area contributed by atoms with E-state index >= 15 is 0 Å². The highest BCUT2D eigenvalue weighted by Crippen LogP contribution is 2.72. The molecule has 6 rings (SSSR count). The number of carbonyl (C=O) groups is 1. The topological polar surface area (TPSA) is 155 Å². The summed E-state index contributed by atoms with van der Waals surface area (Å²) < 4.78 is 33.3. The van der Waals surface area contributed by atoms with Crippen LogP contribution in [0.4, 0.5) is 4.79 Å². The zero-order valence-electron chi connectivity index (χ0n) is 34.3. The van der Waals surface area contributed by atoms with Crippen molar-refractivity contribution in [1.29, 1.82) is 10.7 Å². The number of hydrogen-bond donors (Lipinski definition) is 3. The van der Waals surface area contributed by atoms with Gasteiger partial charge in [-0.2, -0.15) is 5.26 Å². The van der Waals surface area contributed by atoms with Gasteiger partial charge >= 0.3 is 6.16 Å². The van der Waals surface area contributed by atoms with Crippen molar-refractivity contribution >= 4 is 12.0 Å². The first kappa shape index (κ1) is 40.8. The summed E-state index contributed by atoms with van der Waals surface area (Å²) in [5.41, 5.74) is 1.27. The molecule has 0 radical (unpaired) electrons. The Hall–Kier alpha value is -3.85. The predicted molar refractivity (Wildman–Crippen MR) is 209 cm³/mol. The summed E-state index contributed by atoms with van der Waals surface area (Å²) in [5, 5.41) is 41.2. The Bertz CT molecular complexity index is 1810. The fourth-order valence-corrected chi connectivity index (χ4v) is 10.8. The van der Waals surface area contributed by atoms with Gasteiger partial charge in [-0.25, -0.2) is 4.79 Å². The SMILES string of the molecule is COC(O)C(C)=CCC12CCC3C4CC1(OC1=C(CC=C(C)C)C5=C(C=CC(C)(CCC=C(C)C)O5)C(OC(=O)O)C1CN(C)C(=N)C4C#N)C3C(C)(C)O2. The zero-order valence-corrected chi connectivity index (χ0v) is 34.3. The number of carboxylic acid groups (broad SMARTS) is 1. The molecule has 3 N–H and O–H groups in total. The molecule has 3 aliphatic heterocycles. The maximum atomic E-state index is 12.6. The largest absolute Gasteiger partial charge is 0.506 e. The van der Waals surface area contributed by atoms with Gasteiger partial charge in [0.1, 0.15) is 46.2 Å². The third-order valence-electron chi connectivity index (χ3n) is 13.2. The second-order valence-electron chi connectivity index (χ2n) is 17.9. The van der Waals surface area contributed by atoms with Gasteiger partial charge in [0.15, 0.2) is 6.29 Å². The highest BCUT2D eigenvalue weighted by molar-refractivity contribution is 5.84. The van der Waals surface area contributed by atoms with Crippen molar-refractivity contribution in [3.8, 4) is 6.07 Å². The van der Waals surface area contributed by atoms with Crippen LogP contribution in [0.1, 0.15) is 100 Å². The van der Waals surface area contributed by atoms with E-state index in [4.69, 9.17) is 23.7 Å². The minimum absolute atomic E-state index is 0.0358. The van der Waals surface area contributed by atoms with Gasteiger partial charge in [-0.15, -0.1) is 0 Å². The Morgan fingerprint density at radius 1 is 1.13 bits per heavy atom. The van der Waals surface area contributed by atoms with Crippen molar-refractivity contribution in [3.63, 3.8) is 0 Å². The van der Waals surface area contributed by atoms with Crippen LogP contribution in [0.15, 0.2) is 69.8 Å². The second kappa shape index (κ2) is 14.9. The summed E-state index contributed by atoms with van der Waals surface area (Å²) in [5.74, 6) is -0.292. The monoisotopic (exact) mass is 759 g/mol. The summed E-state index contributed by atoms with van der Waals surface area (Å²) in [6, 6.07) is 2.53. The molecule has 11 heteroatoms. The van der Waals surface area contributed by atoms with Gasteiger partial charge in [-0.05, 0) is 124 Å². The van der Waals surface area contributed by atoms with Crippen molar-refractivity contribution in [2.45, 2.75) is 135 Å². The summed E-state index contributed by atoms with van der Waals surface area (Å²) in [6.07, 6.45) is 11.1. The molecule has 4 fully saturated rings. The van der Waals surface area contributed by atoms with Gasteiger partial charge in [-0.1, -0.05) is 35.5 Å². The van der Waals surface area contributed by atoms with Crippen LogP contribution in [0.2, 0.25) is 0 Å². The lowest BCUT2D eigenvalue weighted by molar-refractivity contribution is -0.171. The maximum Gasteiger partial charge on any atom is 0.506 e. The van der Waals surface area contributed by atoms with Crippen LogP contribution >= 0.6 is 0 Å². The molecule has 300 valence electrons. The number of ether oxygens (including phenoxy) is 5. The van der Waals surface area contributed by atoms with E-state index in [9.17, 15) is 25.7 Å². The molecular formula is C44H61N3O8. The minimum atomic E-state index is -1.42. The number of fused-ring (bicyclic) bond motifs is 3. The number of nitrogens with zero attached hydrogens (tertiary/aromatic N) is 2. The lowest BCUT2D eigenvalue weighted by atomic mass is 9.62. The Kier molecular flexibility index (Phi) is 11.1. The average Bonchev–Trinajstić information content (AvgIpc) is 3.42. The standard InChI is InChI=1S/C44H61N3O8/c1-25(2)12-11-18-42(8)19-16-30-34(52-40(49)50)33-24-47(9)38(46)32(23-45)31-22-44(54-36(33)29(35(30)53-42)14-13-26(3)4)37-28(31)17-21-43(44,55-41(37,6)7)20-15-27(5)39(48)51-10/h12-13,15-16,19,28,31-34,37,39,46,48H,11,14,17-18,20-22,24H2,1-10H3,(H,49,50). The molecule has 2 saturated carbocycles. The van der Waals surface area contributed by atoms with Crippen LogP contribution in [0.5, 0.6) is 0 Å². The number of nitriles is 1. The van der Waals surface area contributed by atoms with Crippen molar-refractivity contribution in [2.75, 3.05) is 20.7 Å². The quantitative estimate of drug-likeness (QED) is 0.112. The third kappa shape index (κ3) is 7.08. The number of methoxy groups -OCH3 is 1. The van der Waals surface area contributed by atoms with Gasteiger partial charge < -0.3 is 38.8 Å². The smallest absolute Gasteiger partial charge is 0.487 e. The Morgan fingerprint density at radius 2 is 1.84 bits per heavy atom. The molecule has 5 bridgehead atoms. The molecule has 0 aromatic rings. The molecule has 10 atom stereocenters. The van der Waals surface area contributed by atoms with E-state index in [-0.39, 0.29) is 30.1 Å². The average molecular weight is 760 g/mol. The molecule has 0 aromatic carbocycles. The zero-order chi connectivity index (χ0) is 40.2. The van der Waals surface area contributed by atoms with Crippen molar-refractivity contribution in [1.82, 2.24) is 4.90 Å². The molecule has 1 spiro atoms. The molecule has 11 nitrogen and oxygen atoms in total. The number of allylic oxidation sites excluding steroid dienone is 5. The molecule has 0 aromatic heterocycles. The first-order valence-corrected chi connectivity index (χ1v) is 19.8. The highest BCUT2D eigenvalue weighted by atomic mass is 16.7. The van der Waals surface area contributed by atoms with E-state index in [0.717, 1.165) is 24.0 Å². The molecular weight excluding hydrogens is 698 g/mol. The number of nitrogens with one attached hydrogen (secondary N) is 1. The van der Waals surface area contributed by atoms with Crippen LogP contribution in [-0.2, 0) is 23.7 Å². The van der Waals surface area contributed by atoms with Gasteiger partial charge in [-0.3, -0.25) is 5.41 Å². The first-order valence-electron chi connectivity index (χ1n) is 19.8. The number of aliphatic hydroxyl groups is 1. The number of rotatable bonds is 10. The van der Waals surface area contributed by atoms with Crippen LogP contribution in [0.25, 0.3) is 0 Å². The van der Waals surface area contributed by atoms with E-state index in [1.54, 1.807) is 4.90 Å². The Balaban J connectivity index is 1.62. The first-order chi connectivity index (χ1) is 25.8. The van der Waals surface area contributed by atoms with Crippen molar-refractivity contribution in [3.05, 3.63) is 69.8 Å².